The van der Waals surface area contributed by atoms with Crippen molar-refractivity contribution in [3.05, 3.63) is 35.0 Å². The lowest BCUT2D eigenvalue weighted by atomic mass is 9.98. The Labute approximate surface area is 111 Å². The van der Waals surface area contributed by atoms with Gasteiger partial charge in [-0.05, 0) is 24.0 Å². The second-order valence-electron chi connectivity index (χ2n) is 4.71. The van der Waals surface area contributed by atoms with Crippen LogP contribution in [-0.2, 0) is 0 Å². The van der Waals surface area contributed by atoms with Crippen molar-refractivity contribution >= 4 is 17.4 Å². The lowest BCUT2D eigenvalue weighted by Gasteiger charge is -2.15. The van der Waals surface area contributed by atoms with Crippen LogP contribution in [0.25, 0.3) is 0 Å². The van der Waals surface area contributed by atoms with Crippen LogP contribution in [0.15, 0.2) is 18.2 Å². The third kappa shape index (κ3) is 2.57. The van der Waals surface area contributed by atoms with Gasteiger partial charge in [-0.15, -0.1) is 10.2 Å². The van der Waals surface area contributed by atoms with Crippen LogP contribution in [0.2, 0.25) is 0 Å². The molecular formula is C13H17N5O. The number of aryl methyl sites for hydroxylation is 1. The molecule has 2 aromatic rings. The highest BCUT2D eigenvalue weighted by atomic mass is 16.2. The van der Waals surface area contributed by atoms with Crippen LogP contribution in [0, 0.1) is 6.92 Å². The fraction of sp³-hybridized carbons (Fsp3) is 0.308. The third-order valence-electron chi connectivity index (χ3n) is 2.96. The zero-order chi connectivity index (χ0) is 14.0. The monoisotopic (exact) mass is 259 g/mol. The maximum absolute atomic E-state index is 12.1. The normalized spacial score (nSPS) is 10.7. The van der Waals surface area contributed by atoms with E-state index in [-0.39, 0.29) is 17.4 Å². The number of para-hydroxylation sites is 1. The molecule has 0 saturated heterocycles. The van der Waals surface area contributed by atoms with Crippen molar-refractivity contribution < 1.29 is 4.79 Å². The van der Waals surface area contributed by atoms with E-state index in [1.165, 1.54) is 0 Å². The number of aromatic nitrogens is 3. The van der Waals surface area contributed by atoms with Crippen molar-refractivity contribution in [3.8, 4) is 0 Å². The summed E-state index contributed by atoms with van der Waals surface area (Å²) < 4.78 is 0. The topological polar surface area (TPSA) is 96.7 Å². The molecule has 19 heavy (non-hydrogen) atoms. The number of benzene rings is 1. The minimum absolute atomic E-state index is 0.0946. The summed E-state index contributed by atoms with van der Waals surface area (Å²) in [7, 11) is 0. The van der Waals surface area contributed by atoms with Crippen molar-refractivity contribution in [1.82, 2.24) is 15.4 Å². The van der Waals surface area contributed by atoms with E-state index in [1.54, 1.807) is 0 Å². The molecule has 0 saturated carbocycles. The summed E-state index contributed by atoms with van der Waals surface area (Å²) in [6.45, 7) is 6.11. The van der Waals surface area contributed by atoms with Crippen LogP contribution in [0.4, 0.5) is 11.5 Å². The number of amides is 1. The molecule has 2 rings (SSSR count). The number of anilines is 2. The third-order valence-corrected chi connectivity index (χ3v) is 2.96. The first-order valence-electron chi connectivity index (χ1n) is 6.07. The SMILES string of the molecule is Cc1cccc(C(C)C)c1NC(=O)c1n[nH]nc1N. The number of carbonyl (C=O) groups is 1. The van der Waals surface area contributed by atoms with Crippen molar-refractivity contribution in [1.29, 1.82) is 0 Å². The van der Waals surface area contributed by atoms with Crippen molar-refractivity contribution in [2.75, 3.05) is 11.1 Å². The van der Waals surface area contributed by atoms with Crippen LogP contribution in [0.1, 0.15) is 41.4 Å². The summed E-state index contributed by atoms with van der Waals surface area (Å²) in [5.41, 5.74) is 8.57. The molecule has 0 bridgehead atoms. The molecule has 0 fully saturated rings. The zero-order valence-corrected chi connectivity index (χ0v) is 11.2. The quantitative estimate of drug-likeness (QED) is 0.786. The van der Waals surface area contributed by atoms with Crippen LogP contribution in [0.3, 0.4) is 0 Å². The van der Waals surface area contributed by atoms with E-state index in [1.807, 2.05) is 25.1 Å². The summed E-state index contributed by atoms with van der Waals surface area (Å²) in [4.78, 5) is 12.1. The Kier molecular flexibility index (Phi) is 3.50. The minimum Gasteiger partial charge on any atom is -0.380 e. The largest absolute Gasteiger partial charge is 0.380 e. The number of nitrogens with one attached hydrogen (secondary N) is 2. The first-order chi connectivity index (χ1) is 9.00. The lowest BCUT2D eigenvalue weighted by molar-refractivity contribution is 0.102. The zero-order valence-electron chi connectivity index (χ0n) is 11.2. The molecule has 1 amide bonds. The highest BCUT2D eigenvalue weighted by molar-refractivity contribution is 6.06. The molecule has 0 radical (unpaired) electrons. The van der Waals surface area contributed by atoms with Gasteiger partial charge in [-0.2, -0.15) is 5.21 Å². The van der Waals surface area contributed by atoms with Gasteiger partial charge in [0, 0.05) is 5.69 Å². The first kappa shape index (κ1) is 13.1. The average molecular weight is 259 g/mol. The number of carbonyl (C=O) groups excluding carboxylic acids is 1. The van der Waals surface area contributed by atoms with Crippen molar-refractivity contribution in [2.24, 2.45) is 0 Å². The molecule has 6 nitrogen and oxygen atoms in total. The van der Waals surface area contributed by atoms with E-state index in [0.717, 1.165) is 16.8 Å². The Morgan fingerprint density at radius 2 is 2.11 bits per heavy atom. The first-order valence-corrected chi connectivity index (χ1v) is 6.07. The number of nitrogens with two attached hydrogens (primary N) is 1. The maximum atomic E-state index is 12.1. The Morgan fingerprint density at radius 1 is 1.37 bits per heavy atom. The van der Waals surface area contributed by atoms with E-state index >= 15 is 0 Å². The molecule has 1 aromatic carbocycles. The van der Waals surface area contributed by atoms with Gasteiger partial charge in [0.15, 0.2) is 11.5 Å². The number of hydrogen-bond donors (Lipinski definition) is 3. The smallest absolute Gasteiger partial charge is 0.280 e. The summed E-state index contributed by atoms with van der Waals surface area (Å²) in [5, 5.41) is 12.6. The maximum Gasteiger partial charge on any atom is 0.280 e. The fourth-order valence-corrected chi connectivity index (χ4v) is 1.92. The Morgan fingerprint density at radius 3 is 2.68 bits per heavy atom. The minimum atomic E-state index is -0.359. The molecule has 6 heteroatoms. The van der Waals surface area contributed by atoms with Gasteiger partial charge >= 0.3 is 0 Å². The second-order valence-corrected chi connectivity index (χ2v) is 4.71. The Balaban J connectivity index is 2.34. The van der Waals surface area contributed by atoms with Crippen LogP contribution in [0.5, 0.6) is 0 Å². The number of nitrogen functional groups attached to an aromatic ring is 1. The van der Waals surface area contributed by atoms with Gasteiger partial charge in [0.1, 0.15) is 0 Å². The molecule has 1 aromatic heterocycles. The highest BCUT2D eigenvalue weighted by Crippen LogP contribution is 2.27. The summed E-state index contributed by atoms with van der Waals surface area (Å²) in [6.07, 6.45) is 0. The molecule has 100 valence electrons. The van der Waals surface area contributed by atoms with E-state index in [9.17, 15) is 4.79 Å². The van der Waals surface area contributed by atoms with Gasteiger partial charge < -0.3 is 11.1 Å². The van der Waals surface area contributed by atoms with Gasteiger partial charge in [0.2, 0.25) is 0 Å². The number of hydrogen-bond acceptors (Lipinski definition) is 4. The molecule has 0 spiro atoms. The second kappa shape index (κ2) is 5.09. The van der Waals surface area contributed by atoms with Crippen molar-refractivity contribution in [2.45, 2.75) is 26.7 Å². The van der Waals surface area contributed by atoms with Gasteiger partial charge in [-0.1, -0.05) is 32.0 Å². The molecule has 0 aliphatic heterocycles. The number of rotatable bonds is 3. The van der Waals surface area contributed by atoms with E-state index in [0.29, 0.717) is 5.92 Å². The molecule has 0 aliphatic carbocycles. The fourth-order valence-electron chi connectivity index (χ4n) is 1.92. The summed E-state index contributed by atoms with van der Waals surface area (Å²) in [6, 6.07) is 5.93. The van der Waals surface area contributed by atoms with Crippen LogP contribution >= 0.6 is 0 Å². The Hall–Kier alpha value is -2.37. The number of nitrogens with zero attached hydrogens (tertiary/aromatic N) is 2. The predicted molar refractivity (Wildman–Crippen MR) is 74.0 cm³/mol. The van der Waals surface area contributed by atoms with E-state index in [2.05, 4.69) is 34.6 Å². The summed E-state index contributed by atoms with van der Waals surface area (Å²) >= 11 is 0. The van der Waals surface area contributed by atoms with Crippen molar-refractivity contribution in [3.63, 3.8) is 0 Å². The lowest BCUT2D eigenvalue weighted by Crippen LogP contribution is -2.16. The Bertz CT molecular complexity index is 603. The molecule has 1 heterocycles. The number of H-pyrrole nitrogens is 1. The molecular weight excluding hydrogens is 242 g/mol. The highest BCUT2D eigenvalue weighted by Gasteiger charge is 2.17. The summed E-state index contributed by atoms with van der Waals surface area (Å²) in [5.74, 6) is 0.0458. The molecule has 0 atom stereocenters. The van der Waals surface area contributed by atoms with E-state index in [4.69, 9.17) is 5.73 Å². The van der Waals surface area contributed by atoms with Gasteiger partial charge in [0.25, 0.3) is 5.91 Å². The average Bonchev–Trinajstić information content (AvgIpc) is 2.77. The predicted octanol–water partition coefficient (Wildman–Crippen LogP) is 2.07. The van der Waals surface area contributed by atoms with Gasteiger partial charge in [-0.3, -0.25) is 4.79 Å². The molecule has 0 unspecified atom stereocenters. The molecule has 4 N–H and O–H groups in total. The van der Waals surface area contributed by atoms with Gasteiger partial charge in [0.05, 0.1) is 0 Å². The standard InChI is InChI=1S/C13H17N5O/c1-7(2)9-6-4-5-8(3)10(9)15-13(19)11-12(14)17-18-16-11/h4-7H,1-3H3,(H,15,19)(H3,14,16,17,18). The number of aromatic amines is 1. The van der Waals surface area contributed by atoms with E-state index < -0.39 is 0 Å². The van der Waals surface area contributed by atoms with Crippen LogP contribution < -0.4 is 11.1 Å². The molecule has 0 aliphatic rings. The van der Waals surface area contributed by atoms with Crippen LogP contribution in [-0.4, -0.2) is 21.3 Å². The van der Waals surface area contributed by atoms with Gasteiger partial charge in [-0.25, -0.2) is 0 Å².